The minimum atomic E-state index is 1.07. The molecule has 31 heavy (non-hydrogen) atoms. The van der Waals surface area contributed by atoms with E-state index in [1.54, 1.807) is 22.7 Å². The number of thiophene rings is 1. The highest BCUT2D eigenvalue weighted by Gasteiger charge is 2.11. The third kappa shape index (κ3) is 2.82. The molecular weight excluding hydrogens is 437 g/mol. The second-order valence-electron chi connectivity index (χ2n) is 7.60. The van der Waals surface area contributed by atoms with E-state index in [1.165, 1.54) is 52.8 Å². The highest BCUT2D eigenvalue weighted by Crippen LogP contribution is 2.40. The standard InChI is InChI=1S/C26H14N2S3/c1-3-17(25-27-5-7-29-25)9-19-13-23-21(11-15(1)19)22-12-16-2-4-18(26-28-6-8-30-26)10-20(16)14-24(22)31-23/h1-14H. The Balaban J connectivity index is 1.44. The molecule has 0 amide bonds. The van der Waals surface area contributed by atoms with E-state index in [0.29, 0.717) is 0 Å². The molecule has 2 nitrogen and oxygen atoms in total. The fourth-order valence-electron chi connectivity index (χ4n) is 4.26. The SMILES string of the molecule is c1csc(-c2ccc3cc4c(cc3c2)sc2cc3cc(-c5nccs5)ccc3cc24)n1. The predicted molar refractivity (Wildman–Crippen MR) is 137 cm³/mol. The molecule has 4 aromatic carbocycles. The van der Waals surface area contributed by atoms with Crippen molar-refractivity contribution in [2.45, 2.75) is 0 Å². The van der Waals surface area contributed by atoms with Gasteiger partial charge in [-0.05, 0) is 57.9 Å². The van der Waals surface area contributed by atoms with Gasteiger partial charge in [-0.15, -0.1) is 34.0 Å². The number of hydrogen-bond donors (Lipinski definition) is 0. The summed E-state index contributed by atoms with van der Waals surface area (Å²) in [5.41, 5.74) is 2.37. The Hall–Kier alpha value is -3.12. The molecule has 0 atom stereocenters. The van der Waals surface area contributed by atoms with E-state index in [0.717, 1.165) is 10.0 Å². The summed E-state index contributed by atoms with van der Waals surface area (Å²) in [4.78, 5) is 8.93. The van der Waals surface area contributed by atoms with Crippen LogP contribution in [0.1, 0.15) is 0 Å². The Bertz CT molecular complexity index is 1600. The topological polar surface area (TPSA) is 25.8 Å². The lowest BCUT2D eigenvalue weighted by atomic mass is 10.0. The molecule has 146 valence electrons. The van der Waals surface area contributed by atoms with Gasteiger partial charge in [0.25, 0.3) is 0 Å². The molecule has 0 N–H and O–H groups in total. The van der Waals surface area contributed by atoms with Crippen LogP contribution in [0, 0.1) is 0 Å². The lowest BCUT2D eigenvalue weighted by Crippen LogP contribution is -1.79. The number of fused-ring (bicyclic) bond motifs is 5. The largest absolute Gasteiger partial charge is 0.245 e. The average molecular weight is 451 g/mol. The van der Waals surface area contributed by atoms with Crippen LogP contribution in [0.2, 0.25) is 0 Å². The van der Waals surface area contributed by atoms with Gasteiger partial charge in [0, 0.05) is 54.5 Å². The van der Waals surface area contributed by atoms with E-state index < -0.39 is 0 Å². The van der Waals surface area contributed by atoms with Gasteiger partial charge < -0.3 is 0 Å². The maximum Gasteiger partial charge on any atom is 0.123 e. The Kier molecular flexibility index (Phi) is 3.79. The van der Waals surface area contributed by atoms with Gasteiger partial charge in [0.1, 0.15) is 10.0 Å². The minimum absolute atomic E-state index is 1.07. The molecule has 0 spiro atoms. The molecule has 0 saturated heterocycles. The molecule has 7 aromatic rings. The van der Waals surface area contributed by atoms with Crippen LogP contribution in [0.3, 0.4) is 0 Å². The Morgan fingerprint density at radius 1 is 0.516 bits per heavy atom. The molecular formula is C26H14N2S3. The van der Waals surface area contributed by atoms with Crippen LogP contribution in [0.25, 0.3) is 62.9 Å². The van der Waals surface area contributed by atoms with Crippen LogP contribution >= 0.6 is 34.0 Å². The van der Waals surface area contributed by atoms with Crippen molar-refractivity contribution in [1.29, 1.82) is 0 Å². The summed E-state index contributed by atoms with van der Waals surface area (Å²) in [5, 5.41) is 13.9. The second-order valence-corrected chi connectivity index (χ2v) is 10.5. The third-order valence-electron chi connectivity index (χ3n) is 5.75. The van der Waals surface area contributed by atoms with Gasteiger partial charge >= 0.3 is 0 Å². The lowest BCUT2D eigenvalue weighted by Gasteiger charge is -2.03. The molecule has 0 aliphatic carbocycles. The van der Waals surface area contributed by atoms with E-state index in [9.17, 15) is 0 Å². The predicted octanol–water partition coefficient (Wildman–Crippen LogP) is 8.61. The van der Waals surface area contributed by atoms with Crippen molar-refractivity contribution in [1.82, 2.24) is 9.97 Å². The summed E-state index contributed by atoms with van der Waals surface area (Å²) >= 11 is 5.23. The van der Waals surface area contributed by atoms with Gasteiger partial charge in [0.05, 0.1) is 0 Å². The molecule has 5 heteroatoms. The molecule has 0 aliphatic heterocycles. The molecule has 0 aliphatic rings. The van der Waals surface area contributed by atoms with Gasteiger partial charge in [0.2, 0.25) is 0 Å². The average Bonchev–Trinajstić information content (AvgIpc) is 3.56. The van der Waals surface area contributed by atoms with Crippen molar-refractivity contribution in [3.05, 3.63) is 83.8 Å². The zero-order valence-corrected chi connectivity index (χ0v) is 18.7. The van der Waals surface area contributed by atoms with Crippen molar-refractivity contribution in [2.24, 2.45) is 0 Å². The number of benzene rings is 4. The fraction of sp³-hybridized carbons (Fsp3) is 0. The van der Waals surface area contributed by atoms with Crippen LogP contribution in [-0.4, -0.2) is 9.97 Å². The Morgan fingerprint density at radius 3 is 1.48 bits per heavy atom. The molecule has 0 bridgehead atoms. The molecule has 3 aromatic heterocycles. The number of nitrogens with zero attached hydrogens (tertiary/aromatic N) is 2. The quantitative estimate of drug-likeness (QED) is 0.263. The Labute approximate surface area is 190 Å². The first kappa shape index (κ1) is 17.5. The normalized spacial score (nSPS) is 11.9. The third-order valence-corrected chi connectivity index (χ3v) is 8.51. The van der Waals surface area contributed by atoms with E-state index in [2.05, 4.69) is 70.6 Å². The first-order chi connectivity index (χ1) is 15.3. The van der Waals surface area contributed by atoms with Crippen LogP contribution in [0.5, 0.6) is 0 Å². The highest BCUT2D eigenvalue weighted by atomic mass is 32.1. The molecule has 3 heterocycles. The minimum Gasteiger partial charge on any atom is -0.245 e. The summed E-state index contributed by atoms with van der Waals surface area (Å²) in [6, 6.07) is 22.6. The van der Waals surface area contributed by atoms with Gasteiger partial charge in [-0.3, -0.25) is 0 Å². The van der Waals surface area contributed by atoms with Crippen LogP contribution in [0.4, 0.5) is 0 Å². The van der Waals surface area contributed by atoms with Gasteiger partial charge in [0.15, 0.2) is 0 Å². The number of thiazole rings is 2. The highest BCUT2D eigenvalue weighted by molar-refractivity contribution is 7.26. The molecule has 0 unspecified atom stereocenters. The molecule has 0 saturated carbocycles. The number of hydrogen-bond acceptors (Lipinski definition) is 5. The second kappa shape index (κ2) is 6.69. The first-order valence-electron chi connectivity index (χ1n) is 9.95. The van der Waals surface area contributed by atoms with Crippen molar-refractivity contribution in [3.8, 4) is 21.1 Å². The fourth-order valence-corrected chi connectivity index (χ4v) is 6.70. The van der Waals surface area contributed by atoms with Crippen molar-refractivity contribution < 1.29 is 0 Å². The van der Waals surface area contributed by atoms with E-state index in [-0.39, 0.29) is 0 Å². The van der Waals surface area contributed by atoms with Gasteiger partial charge in [-0.25, -0.2) is 9.97 Å². The summed E-state index contributed by atoms with van der Waals surface area (Å²) < 4.78 is 2.66. The maximum atomic E-state index is 4.46. The Morgan fingerprint density at radius 2 is 1.03 bits per heavy atom. The number of rotatable bonds is 2. The van der Waals surface area contributed by atoms with Crippen molar-refractivity contribution in [2.75, 3.05) is 0 Å². The molecule has 7 rings (SSSR count). The van der Waals surface area contributed by atoms with Crippen LogP contribution < -0.4 is 0 Å². The van der Waals surface area contributed by atoms with Crippen molar-refractivity contribution in [3.63, 3.8) is 0 Å². The summed E-state index contributed by atoms with van der Waals surface area (Å²) in [6.07, 6.45) is 3.73. The van der Waals surface area contributed by atoms with Crippen LogP contribution in [-0.2, 0) is 0 Å². The van der Waals surface area contributed by atoms with Crippen LogP contribution in [0.15, 0.2) is 83.8 Å². The van der Waals surface area contributed by atoms with Crippen molar-refractivity contribution >= 4 is 75.7 Å². The summed E-state index contributed by atoms with van der Waals surface area (Å²) in [7, 11) is 0. The van der Waals surface area contributed by atoms with E-state index in [1.807, 2.05) is 34.5 Å². The zero-order valence-electron chi connectivity index (χ0n) is 16.2. The van der Waals surface area contributed by atoms with Gasteiger partial charge in [-0.1, -0.05) is 24.3 Å². The smallest absolute Gasteiger partial charge is 0.123 e. The van der Waals surface area contributed by atoms with E-state index in [4.69, 9.17) is 0 Å². The zero-order chi connectivity index (χ0) is 20.4. The summed E-state index contributed by atoms with van der Waals surface area (Å²) in [6.45, 7) is 0. The van der Waals surface area contributed by atoms with E-state index >= 15 is 0 Å². The summed E-state index contributed by atoms with van der Waals surface area (Å²) in [5.74, 6) is 0. The first-order valence-corrected chi connectivity index (χ1v) is 12.5. The maximum absolute atomic E-state index is 4.46. The number of aromatic nitrogens is 2. The monoisotopic (exact) mass is 450 g/mol. The van der Waals surface area contributed by atoms with Gasteiger partial charge in [-0.2, -0.15) is 0 Å². The lowest BCUT2D eigenvalue weighted by molar-refractivity contribution is 1.42. The molecule has 0 radical (unpaired) electrons. The molecule has 0 fully saturated rings.